The van der Waals surface area contributed by atoms with Crippen LogP contribution < -0.4 is 4.74 Å². The molecule has 3 aromatic rings. The van der Waals surface area contributed by atoms with Gasteiger partial charge in [0.1, 0.15) is 12.1 Å². The van der Waals surface area contributed by atoms with Crippen LogP contribution in [-0.2, 0) is 17.8 Å². The number of ether oxygens (including phenoxy) is 1. The van der Waals surface area contributed by atoms with E-state index in [1.54, 1.807) is 18.2 Å². The van der Waals surface area contributed by atoms with E-state index in [4.69, 9.17) is 4.74 Å². The van der Waals surface area contributed by atoms with Gasteiger partial charge in [0.05, 0.1) is 17.8 Å². The van der Waals surface area contributed by atoms with Crippen LogP contribution in [0, 0.1) is 12.8 Å². The van der Waals surface area contributed by atoms with E-state index in [0.717, 1.165) is 35.0 Å². The van der Waals surface area contributed by atoms with Gasteiger partial charge in [-0.05, 0) is 51.3 Å². The number of benzene rings is 1. The third-order valence-corrected chi connectivity index (χ3v) is 6.06. The van der Waals surface area contributed by atoms with Gasteiger partial charge >= 0.3 is 6.09 Å². The third-order valence-electron chi connectivity index (χ3n) is 6.06. The van der Waals surface area contributed by atoms with Crippen molar-refractivity contribution in [3.05, 3.63) is 47.5 Å². The fourth-order valence-electron chi connectivity index (χ4n) is 4.17. The van der Waals surface area contributed by atoms with E-state index in [0.29, 0.717) is 30.1 Å². The molecule has 1 aromatic carbocycles. The molecule has 1 atom stereocenters. The molecule has 1 saturated carbocycles. The van der Waals surface area contributed by atoms with Gasteiger partial charge in [-0.25, -0.2) is 14.8 Å². The summed E-state index contributed by atoms with van der Waals surface area (Å²) in [5.41, 5.74) is 3.20. The van der Waals surface area contributed by atoms with E-state index in [-0.39, 0.29) is 17.9 Å². The van der Waals surface area contributed by atoms with Crippen LogP contribution in [-0.4, -0.2) is 42.6 Å². The van der Waals surface area contributed by atoms with Gasteiger partial charge in [-0.2, -0.15) is 0 Å². The van der Waals surface area contributed by atoms with Crippen molar-refractivity contribution in [2.75, 3.05) is 0 Å². The van der Waals surface area contributed by atoms with Gasteiger partial charge in [0, 0.05) is 34.7 Å². The molecular formula is C22H22N4O4. The van der Waals surface area contributed by atoms with E-state index < -0.39 is 6.09 Å². The van der Waals surface area contributed by atoms with Crippen molar-refractivity contribution in [1.82, 2.24) is 19.4 Å². The molecule has 8 nitrogen and oxygen atoms in total. The maximum Gasteiger partial charge on any atom is 0.415 e. The highest BCUT2D eigenvalue weighted by Crippen LogP contribution is 2.37. The van der Waals surface area contributed by atoms with Crippen LogP contribution >= 0.6 is 0 Å². The Morgan fingerprint density at radius 3 is 2.73 bits per heavy atom. The maximum atomic E-state index is 12.6. The molecule has 8 heteroatoms. The summed E-state index contributed by atoms with van der Waals surface area (Å²) in [5.74, 6) is 1.51. The molecule has 154 valence electrons. The molecule has 1 fully saturated rings. The molecule has 2 aliphatic rings. The summed E-state index contributed by atoms with van der Waals surface area (Å²) in [4.78, 5) is 34.6. The van der Waals surface area contributed by atoms with Crippen molar-refractivity contribution < 1.29 is 19.4 Å². The normalized spacial score (nSPS) is 18.3. The first-order valence-corrected chi connectivity index (χ1v) is 10.1. The number of nitrogens with zero attached hydrogens (tertiary/aromatic N) is 4. The molecular weight excluding hydrogens is 384 g/mol. The van der Waals surface area contributed by atoms with Crippen molar-refractivity contribution >= 4 is 22.9 Å². The highest BCUT2D eigenvalue weighted by Gasteiger charge is 2.38. The number of amides is 1. The fourth-order valence-corrected chi connectivity index (χ4v) is 4.17. The topological polar surface area (TPSA) is 97.6 Å². The summed E-state index contributed by atoms with van der Waals surface area (Å²) >= 11 is 0. The molecule has 0 bridgehead atoms. The second-order valence-electron chi connectivity index (χ2n) is 8.09. The molecule has 0 spiro atoms. The first-order chi connectivity index (χ1) is 14.4. The standard InChI is InChI=1S/C22H22N4O4/c1-12-9-16-17(10-26(12)21(27)14-3-4-14)23-11-24-20(16)30-19-6-5-18-15(13(19)2)7-8-25(18)22(28)29/h5-8,11-12,14H,3-4,9-10H2,1-2H3,(H,28,29)/t12-/m0/s1. The Bertz CT molecular complexity index is 1180. The minimum atomic E-state index is -1.03. The number of carboxylic acid groups (broad SMARTS) is 1. The number of carbonyl (C=O) groups excluding carboxylic acids is 1. The van der Waals surface area contributed by atoms with Crippen molar-refractivity contribution in [3.63, 3.8) is 0 Å². The quantitative estimate of drug-likeness (QED) is 0.712. The second-order valence-corrected chi connectivity index (χ2v) is 8.09. The number of aromatic nitrogens is 3. The average Bonchev–Trinajstić information content (AvgIpc) is 3.48. The van der Waals surface area contributed by atoms with Gasteiger partial charge in [-0.1, -0.05) is 0 Å². The van der Waals surface area contributed by atoms with Crippen molar-refractivity contribution in [2.24, 2.45) is 5.92 Å². The summed E-state index contributed by atoms with van der Waals surface area (Å²) in [6, 6.07) is 5.33. The highest BCUT2D eigenvalue weighted by atomic mass is 16.5. The lowest BCUT2D eigenvalue weighted by Crippen LogP contribution is -2.43. The number of hydrogen-bond acceptors (Lipinski definition) is 5. The lowest BCUT2D eigenvalue weighted by Gasteiger charge is -2.34. The van der Waals surface area contributed by atoms with E-state index >= 15 is 0 Å². The van der Waals surface area contributed by atoms with Gasteiger partial charge < -0.3 is 14.7 Å². The number of rotatable bonds is 3. The lowest BCUT2D eigenvalue weighted by molar-refractivity contribution is -0.135. The SMILES string of the molecule is Cc1c(Oc2ncnc3c2C[C@H](C)N(C(=O)C2CC2)C3)ccc2c1ccn2C(=O)O. The molecule has 0 radical (unpaired) electrons. The first-order valence-electron chi connectivity index (χ1n) is 10.1. The van der Waals surface area contributed by atoms with Crippen LogP contribution in [0.1, 0.15) is 36.6 Å². The third kappa shape index (κ3) is 2.99. The van der Waals surface area contributed by atoms with Gasteiger partial charge in [0.15, 0.2) is 0 Å². The summed E-state index contributed by atoms with van der Waals surface area (Å²) < 4.78 is 7.36. The predicted octanol–water partition coefficient (Wildman–Crippen LogP) is 3.74. The Hall–Kier alpha value is -3.42. The van der Waals surface area contributed by atoms with Crippen molar-refractivity contribution in [3.8, 4) is 11.6 Å². The second kappa shape index (κ2) is 6.83. The molecule has 1 amide bonds. The van der Waals surface area contributed by atoms with E-state index in [1.165, 1.54) is 17.1 Å². The lowest BCUT2D eigenvalue weighted by atomic mass is 9.99. The highest BCUT2D eigenvalue weighted by molar-refractivity contribution is 5.92. The maximum absolute atomic E-state index is 12.6. The number of carbonyl (C=O) groups is 2. The van der Waals surface area contributed by atoms with Crippen molar-refractivity contribution in [2.45, 2.75) is 45.7 Å². The molecule has 1 N–H and O–H groups in total. The first kappa shape index (κ1) is 18.6. The van der Waals surface area contributed by atoms with Gasteiger partial charge in [-0.15, -0.1) is 0 Å². The smallest absolute Gasteiger partial charge is 0.415 e. The molecule has 1 aliphatic carbocycles. The molecule has 3 heterocycles. The van der Waals surface area contributed by atoms with Gasteiger partial charge in [0.25, 0.3) is 0 Å². The van der Waals surface area contributed by atoms with Gasteiger partial charge in [0.2, 0.25) is 11.8 Å². The van der Waals surface area contributed by atoms with Crippen LogP contribution in [0.2, 0.25) is 0 Å². The van der Waals surface area contributed by atoms with Crippen molar-refractivity contribution in [1.29, 1.82) is 0 Å². The Morgan fingerprint density at radius 2 is 2.00 bits per heavy atom. The Balaban J connectivity index is 1.47. The summed E-state index contributed by atoms with van der Waals surface area (Å²) in [5, 5.41) is 10.1. The Morgan fingerprint density at radius 1 is 1.20 bits per heavy atom. The molecule has 2 aromatic heterocycles. The minimum Gasteiger partial charge on any atom is -0.464 e. The minimum absolute atomic E-state index is 0.0622. The van der Waals surface area contributed by atoms with Crippen LogP contribution in [0.4, 0.5) is 4.79 Å². The predicted molar refractivity (Wildman–Crippen MR) is 109 cm³/mol. The van der Waals surface area contributed by atoms with E-state index in [2.05, 4.69) is 9.97 Å². The number of aryl methyl sites for hydroxylation is 1. The summed E-state index contributed by atoms with van der Waals surface area (Å²) in [6.07, 6.45) is 4.59. The van der Waals surface area contributed by atoms with Crippen LogP contribution in [0.3, 0.4) is 0 Å². The summed E-state index contributed by atoms with van der Waals surface area (Å²) in [7, 11) is 0. The van der Waals surface area contributed by atoms with Crippen LogP contribution in [0.5, 0.6) is 11.6 Å². The fraction of sp³-hybridized carbons (Fsp3) is 0.364. The zero-order valence-corrected chi connectivity index (χ0v) is 16.8. The Labute approximate surface area is 173 Å². The van der Waals surface area contributed by atoms with E-state index in [1.807, 2.05) is 18.7 Å². The Kier molecular flexibility index (Phi) is 4.23. The molecule has 1 aliphatic heterocycles. The molecule has 0 unspecified atom stereocenters. The zero-order valence-electron chi connectivity index (χ0n) is 16.8. The zero-order chi connectivity index (χ0) is 21.0. The largest absolute Gasteiger partial charge is 0.464 e. The van der Waals surface area contributed by atoms with Crippen LogP contribution in [0.15, 0.2) is 30.7 Å². The van der Waals surface area contributed by atoms with E-state index in [9.17, 15) is 14.7 Å². The van der Waals surface area contributed by atoms with Gasteiger partial charge in [-0.3, -0.25) is 9.36 Å². The number of hydrogen-bond donors (Lipinski definition) is 1. The number of fused-ring (bicyclic) bond motifs is 2. The molecule has 0 saturated heterocycles. The molecule has 5 rings (SSSR count). The monoisotopic (exact) mass is 406 g/mol. The van der Waals surface area contributed by atoms with Crippen LogP contribution in [0.25, 0.3) is 10.9 Å². The average molecular weight is 406 g/mol. The molecule has 30 heavy (non-hydrogen) atoms. The summed E-state index contributed by atoms with van der Waals surface area (Å²) in [6.45, 7) is 4.42.